The van der Waals surface area contributed by atoms with Crippen molar-refractivity contribution in [2.24, 2.45) is 0 Å². The SMILES string of the molecule is CCCCCCCCCCCCCCCCCCOC[C@H](COP(=O)(O)COCCn1cnc2c(=O)[nH]c(N)nc21)OCc1ccccc1. The molecule has 0 spiro atoms. The Labute approximate surface area is 292 Å². The van der Waals surface area contributed by atoms with Crippen molar-refractivity contribution in [3.05, 3.63) is 52.6 Å². The van der Waals surface area contributed by atoms with Crippen molar-refractivity contribution in [1.29, 1.82) is 0 Å². The predicted octanol–water partition coefficient (Wildman–Crippen LogP) is 7.74. The van der Waals surface area contributed by atoms with E-state index in [0.29, 0.717) is 18.9 Å². The number of unbranched alkanes of at least 4 members (excludes halogenated alkanes) is 15. The maximum Gasteiger partial charge on any atom is 0.353 e. The number of hydrogen-bond donors (Lipinski definition) is 3. The fourth-order valence-electron chi connectivity index (χ4n) is 5.61. The molecule has 2 heterocycles. The van der Waals surface area contributed by atoms with Gasteiger partial charge >= 0.3 is 7.60 Å². The highest BCUT2D eigenvalue weighted by Crippen LogP contribution is 2.42. The van der Waals surface area contributed by atoms with E-state index < -0.39 is 25.6 Å². The first kappa shape index (κ1) is 40.8. The van der Waals surface area contributed by atoms with Gasteiger partial charge in [0.2, 0.25) is 5.95 Å². The predicted molar refractivity (Wildman–Crippen MR) is 195 cm³/mol. The minimum atomic E-state index is -4.06. The van der Waals surface area contributed by atoms with E-state index in [1.54, 1.807) is 4.57 Å². The summed E-state index contributed by atoms with van der Waals surface area (Å²) in [6.45, 7) is 3.69. The maximum absolute atomic E-state index is 12.7. The van der Waals surface area contributed by atoms with Crippen molar-refractivity contribution in [1.82, 2.24) is 19.5 Å². The number of nitrogens with two attached hydrogens (primary N) is 1. The van der Waals surface area contributed by atoms with E-state index >= 15 is 0 Å². The third-order valence-electron chi connectivity index (χ3n) is 8.46. The van der Waals surface area contributed by atoms with Gasteiger partial charge in [-0.1, -0.05) is 134 Å². The molecule has 0 radical (unpaired) electrons. The van der Waals surface area contributed by atoms with Gasteiger partial charge in [0.15, 0.2) is 11.2 Å². The van der Waals surface area contributed by atoms with Crippen LogP contribution in [0.2, 0.25) is 0 Å². The van der Waals surface area contributed by atoms with Crippen molar-refractivity contribution in [2.75, 3.05) is 38.5 Å². The van der Waals surface area contributed by atoms with Crippen LogP contribution in [0.1, 0.15) is 115 Å². The van der Waals surface area contributed by atoms with Crippen molar-refractivity contribution < 1.29 is 28.2 Å². The van der Waals surface area contributed by atoms with Crippen molar-refractivity contribution in [3.63, 3.8) is 0 Å². The maximum atomic E-state index is 12.7. The number of nitrogens with one attached hydrogen (secondary N) is 1. The van der Waals surface area contributed by atoms with Crippen molar-refractivity contribution >= 4 is 24.7 Å². The summed E-state index contributed by atoms with van der Waals surface area (Å²) in [7, 11) is -4.06. The number of anilines is 1. The third-order valence-corrected chi connectivity index (χ3v) is 9.52. The van der Waals surface area contributed by atoms with Crippen molar-refractivity contribution in [3.8, 4) is 0 Å². The van der Waals surface area contributed by atoms with Gasteiger partial charge in [0, 0.05) is 13.2 Å². The standard InChI is InChI=1S/C36H60N5O7P/c1-2-3-4-5-6-7-8-9-10-11-12-13-14-15-16-20-24-45-27-32(47-26-31-21-18-17-19-22-31)28-48-49(43,44)30-46-25-23-41-29-38-33-34(41)39-36(37)40-35(33)42/h17-19,21-22,29,32H,2-16,20,23-28,30H2,1H3,(H,43,44)(H3,37,39,40,42)/t32-/m1/s1. The number of rotatable bonds is 30. The zero-order valence-corrected chi connectivity index (χ0v) is 30.5. The summed E-state index contributed by atoms with van der Waals surface area (Å²) in [5, 5.41) is 0. The molecule has 49 heavy (non-hydrogen) atoms. The van der Waals surface area contributed by atoms with E-state index in [1.807, 2.05) is 30.3 Å². The Bertz CT molecular complexity index is 1390. The average Bonchev–Trinajstić information content (AvgIpc) is 3.50. The lowest BCUT2D eigenvalue weighted by Gasteiger charge is -2.20. The Morgan fingerprint density at radius 1 is 0.857 bits per heavy atom. The van der Waals surface area contributed by atoms with Crippen LogP contribution in [0.15, 0.2) is 41.5 Å². The zero-order valence-electron chi connectivity index (χ0n) is 29.6. The molecule has 0 amide bonds. The number of fused-ring (bicyclic) bond motifs is 1. The fraction of sp³-hybridized carbons (Fsp3) is 0.694. The highest BCUT2D eigenvalue weighted by molar-refractivity contribution is 7.52. The van der Waals surface area contributed by atoms with Gasteiger partial charge in [-0.05, 0) is 12.0 Å². The van der Waals surface area contributed by atoms with Gasteiger partial charge in [0.1, 0.15) is 12.5 Å². The third kappa shape index (κ3) is 17.8. The smallest absolute Gasteiger partial charge is 0.353 e. The Balaban J connectivity index is 1.26. The van der Waals surface area contributed by atoms with E-state index in [4.69, 9.17) is 24.5 Å². The second kappa shape index (κ2) is 24.5. The molecule has 0 bridgehead atoms. The van der Waals surface area contributed by atoms with E-state index in [1.165, 1.54) is 96.2 Å². The molecule has 13 heteroatoms. The molecule has 3 aromatic rings. The van der Waals surface area contributed by atoms with Gasteiger partial charge in [0.25, 0.3) is 5.56 Å². The molecule has 0 aliphatic rings. The Hall–Kier alpha value is -2.60. The molecule has 3 rings (SSSR count). The number of nitrogen functional groups attached to an aromatic ring is 1. The minimum absolute atomic E-state index is 0.0218. The molecule has 4 N–H and O–H groups in total. The summed E-state index contributed by atoms with van der Waals surface area (Å²) in [5.41, 5.74) is 6.66. The summed E-state index contributed by atoms with van der Waals surface area (Å²) in [5.74, 6) is -0.0218. The number of imidazole rings is 1. The van der Waals surface area contributed by atoms with Crippen LogP contribution in [0.3, 0.4) is 0 Å². The number of ether oxygens (including phenoxy) is 3. The second-order valence-corrected chi connectivity index (χ2v) is 14.6. The molecular formula is C36H60N5O7P. The van der Waals surface area contributed by atoms with Gasteiger partial charge in [0.05, 0.1) is 32.8 Å². The van der Waals surface area contributed by atoms with Gasteiger partial charge in [-0.3, -0.25) is 14.3 Å². The minimum Gasteiger partial charge on any atom is -0.379 e. The van der Waals surface area contributed by atoms with Crippen LogP contribution in [0.25, 0.3) is 11.2 Å². The highest BCUT2D eigenvalue weighted by atomic mass is 31.2. The van der Waals surface area contributed by atoms with E-state index in [0.717, 1.165) is 18.4 Å². The second-order valence-electron chi connectivity index (χ2n) is 12.8. The number of aromatic nitrogens is 4. The van der Waals surface area contributed by atoms with Crippen LogP contribution in [0.4, 0.5) is 5.95 Å². The number of aromatic amines is 1. The molecule has 276 valence electrons. The summed E-state index contributed by atoms with van der Waals surface area (Å²) < 4.78 is 37.1. The zero-order chi connectivity index (χ0) is 35.0. The van der Waals surface area contributed by atoms with Gasteiger partial charge < -0.3 is 33.9 Å². The van der Waals surface area contributed by atoms with Crippen LogP contribution < -0.4 is 11.3 Å². The molecule has 0 aliphatic heterocycles. The lowest BCUT2D eigenvalue weighted by Crippen LogP contribution is -2.26. The van der Waals surface area contributed by atoms with Crippen LogP contribution in [0.5, 0.6) is 0 Å². The number of hydrogen-bond acceptors (Lipinski definition) is 9. The average molecular weight is 706 g/mol. The van der Waals surface area contributed by atoms with Gasteiger partial charge in [-0.25, -0.2) is 4.98 Å². The molecule has 0 saturated heterocycles. The molecule has 0 fully saturated rings. The lowest BCUT2D eigenvalue weighted by molar-refractivity contribution is -0.0477. The number of benzene rings is 1. The van der Waals surface area contributed by atoms with Crippen LogP contribution >= 0.6 is 7.60 Å². The number of H-pyrrole nitrogens is 1. The normalized spacial score (nSPS) is 13.6. The largest absolute Gasteiger partial charge is 0.379 e. The molecule has 12 nitrogen and oxygen atoms in total. The number of nitrogens with zero attached hydrogens (tertiary/aromatic N) is 3. The first-order valence-corrected chi connectivity index (χ1v) is 20.1. The Morgan fingerprint density at radius 3 is 2.10 bits per heavy atom. The monoisotopic (exact) mass is 705 g/mol. The van der Waals surface area contributed by atoms with Crippen LogP contribution in [-0.2, 0) is 36.5 Å². The first-order chi connectivity index (χ1) is 23.9. The summed E-state index contributed by atoms with van der Waals surface area (Å²) in [6.07, 6.45) is 21.5. The Morgan fingerprint density at radius 2 is 1.47 bits per heavy atom. The van der Waals surface area contributed by atoms with Gasteiger partial charge in [-0.2, -0.15) is 4.98 Å². The molecule has 2 aromatic heterocycles. The topological polar surface area (TPSA) is 164 Å². The molecule has 2 atom stereocenters. The quantitative estimate of drug-likeness (QED) is 0.0462. The molecular weight excluding hydrogens is 645 g/mol. The fourth-order valence-corrected chi connectivity index (χ4v) is 6.45. The van der Waals surface area contributed by atoms with E-state index in [-0.39, 0.29) is 37.8 Å². The van der Waals surface area contributed by atoms with Crippen LogP contribution in [-0.4, -0.2) is 63.3 Å². The molecule has 0 saturated carbocycles. The Kier molecular flexibility index (Phi) is 20.4. The lowest BCUT2D eigenvalue weighted by atomic mass is 10.0. The molecule has 0 aliphatic carbocycles. The highest BCUT2D eigenvalue weighted by Gasteiger charge is 2.23. The molecule has 1 aromatic carbocycles. The van der Waals surface area contributed by atoms with Crippen LogP contribution in [0, 0.1) is 0 Å². The summed E-state index contributed by atoms with van der Waals surface area (Å²) in [6, 6.07) is 9.74. The van der Waals surface area contributed by atoms with E-state index in [2.05, 4.69) is 21.9 Å². The van der Waals surface area contributed by atoms with Gasteiger partial charge in [-0.15, -0.1) is 0 Å². The van der Waals surface area contributed by atoms with Crippen molar-refractivity contribution in [2.45, 2.75) is 129 Å². The molecule has 1 unspecified atom stereocenters. The summed E-state index contributed by atoms with van der Waals surface area (Å²) >= 11 is 0. The first-order valence-electron chi connectivity index (χ1n) is 18.4. The summed E-state index contributed by atoms with van der Waals surface area (Å²) in [4.78, 5) is 32.9. The van der Waals surface area contributed by atoms with E-state index in [9.17, 15) is 14.3 Å².